The summed E-state index contributed by atoms with van der Waals surface area (Å²) in [5, 5.41) is 0. The van der Waals surface area contributed by atoms with Gasteiger partial charge >= 0.3 is 0 Å². The minimum atomic E-state index is 0.716. The average molecular weight is 247 g/mol. The summed E-state index contributed by atoms with van der Waals surface area (Å²) in [6, 6.07) is 1.71. The number of hydrogen-bond donors (Lipinski definition) is 0. The minimum Gasteiger partial charge on any atom is -0.298 e. The smallest absolute Gasteiger partial charge is 0.151 e. The zero-order valence-electron chi connectivity index (χ0n) is 5.47. The molecule has 2 nitrogen and oxygen atoms in total. The molecule has 0 aliphatic carbocycles. The van der Waals surface area contributed by atoms with E-state index in [2.05, 4.69) is 27.6 Å². The second-order valence-corrected chi connectivity index (χ2v) is 3.00. The molecule has 3 heteroatoms. The molecule has 1 aromatic rings. The van der Waals surface area contributed by atoms with Gasteiger partial charge in [0.15, 0.2) is 6.29 Å². The predicted molar refractivity (Wildman–Crippen MR) is 47.1 cm³/mol. The third-order valence-corrected chi connectivity index (χ3v) is 2.62. The van der Waals surface area contributed by atoms with E-state index in [0.29, 0.717) is 5.56 Å². The number of aryl methyl sites for hydroxylation is 1. The van der Waals surface area contributed by atoms with E-state index in [-0.39, 0.29) is 0 Å². The van der Waals surface area contributed by atoms with E-state index in [1.165, 1.54) is 0 Å². The zero-order valence-corrected chi connectivity index (χ0v) is 7.62. The van der Waals surface area contributed by atoms with Crippen molar-refractivity contribution in [2.45, 2.75) is 6.92 Å². The van der Waals surface area contributed by atoms with Crippen LogP contribution in [0.3, 0.4) is 0 Å². The monoisotopic (exact) mass is 247 g/mol. The SMILES string of the molecule is Cc1nccc(C=O)c1I. The molecule has 1 rings (SSSR count). The lowest BCUT2D eigenvalue weighted by Gasteiger charge is -1.97. The molecule has 0 radical (unpaired) electrons. The van der Waals surface area contributed by atoms with E-state index < -0.39 is 0 Å². The number of aldehydes is 1. The van der Waals surface area contributed by atoms with Crippen molar-refractivity contribution in [3.05, 3.63) is 27.1 Å². The van der Waals surface area contributed by atoms with Crippen LogP contribution in [0.25, 0.3) is 0 Å². The maximum absolute atomic E-state index is 10.3. The molecule has 1 heterocycles. The van der Waals surface area contributed by atoms with Crippen molar-refractivity contribution in [1.82, 2.24) is 4.98 Å². The van der Waals surface area contributed by atoms with Gasteiger partial charge in [-0.25, -0.2) is 0 Å². The lowest BCUT2D eigenvalue weighted by atomic mass is 10.2. The number of halogens is 1. The van der Waals surface area contributed by atoms with Crippen LogP contribution in [-0.4, -0.2) is 11.3 Å². The average Bonchev–Trinajstić information content (AvgIpc) is 1.95. The molecule has 0 amide bonds. The highest BCUT2D eigenvalue weighted by Crippen LogP contribution is 2.11. The van der Waals surface area contributed by atoms with E-state index >= 15 is 0 Å². The Kier molecular flexibility index (Phi) is 2.37. The first-order valence-electron chi connectivity index (χ1n) is 2.82. The fourth-order valence-corrected chi connectivity index (χ4v) is 1.11. The van der Waals surface area contributed by atoms with Crippen molar-refractivity contribution in [2.75, 3.05) is 0 Å². The summed E-state index contributed by atoms with van der Waals surface area (Å²) >= 11 is 2.11. The van der Waals surface area contributed by atoms with Gasteiger partial charge in [-0.1, -0.05) is 0 Å². The van der Waals surface area contributed by atoms with Crippen LogP contribution in [0, 0.1) is 10.5 Å². The Hall–Kier alpha value is -0.450. The van der Waals surface area contributed by atoms with Crippen LogP contribution in [0.15, 0.2) is 12.3 Å². The maximum atomic E-state index is 10.3. The number of nitrogens with zero attached hydrogens (tertiary/aromatic N) is 1. The third kappa shape index (κ3) is 1.34. The van der Waals surface area contributed by atoms with E-state index in [9.17, 15) is 4.79 Å². The van der Waals surface area contributed by atoms with Gasteiger partial charge < -0.3 is 0 Å². The van der Waals surface area contributed by atoms with Crippen LogP contribution in [0.2, 0.25) is 0 Å². The summed E-state index contributed by atoms with van der Waals surface area (Å²) < 4.78 is 0.940. The van der Waals surface area contributed by atoms with Crippen LogP contribution >= 0.6 is 22.6 Å². The van der Waals surface area contributed by atoms with Gasteiger partial charge in [-0.15, -0.1) is 0 Å². The molecule has 0 bridgehead atoms. The first kappa shape index (κ1) is 7.65. The topological polar surface area (TPSA) is 30.0 Å². The summed E-state index contributed by atoms with van der Waals surface area (Å²) in [6.07, 6.45) is 2.48. The second-order valence-electron chi connectivity index (χ2n) is 1.92. The minimum absolute atomic E-state index is 0.716. The lowest BCUT2D eigenvalue weighted by Crippen LogP contribution is -1.91. The predicted octanol–water partition coefficient (Wildman–Crippen LogP) is 1.81. The molecule has 0 saturated heterocycles. The van der Waals surface area contributed by atoms with Gasteiger partial charge in [0.05, 0.1) is 5.69 Å². The summed E-state index contributed by atoms with van der Waals surface area (Å²) in [6.45, 7) is 1.88. The third-order valence-electron chi connectivity index (χ3n) is 1.22. The number of hydrogen-bond acceptors (Lipinski definition) is 2. The van der Waals surface area contributed by atoms with Crippen molar-refractivity contribution in [1.29, 1.82) is 0 Å². The molecule has 0 N–H and O–H groups in total. The van der Waals surface area contributed by atoms with Crippen LogP contribution in [0.1, 0.15) is 16.1 Å². The second kappa shape index (κ2) is 3.09. The van der Waals surface area contributed by atoms with E-state index in [1.54, 1.807) is 12.3 Å². The van der Waals surface area contributed by atoms with Crippen molar-refractivity contribution in [3.63, 3.8) is 0 Å². The number of carbonyl (C=O) groups is 1. The van der Waals surface area contributed by atoms with Crippen molar-refractivity contribution < 1.29 is 4.79 Å². The van der Waals surface area contributed by atoms with Crippen molar-refractivity contribution >= 4 is 28.9 Å². The number of pyridine rings is 1. The highest BCUT2D eigenvalue weighted by atomic mass is 127. The van der Waals surface area contributed by atoms with Gasteiger partial charge in [0, 0.05) is 15.3 Å². The van der Waals surface area contributed by atoms with Gasteiger partial charge in [0.1, 0.15) is 0 Å². The van der Waals surface area contributed by atoms with Crippen LogP contribution in [-0.2, 0) is 0 Å². The lowest BCUT2D eigenvalue weighted by molar-refractivity contribution is 0.112. The number of rotatable bonds is 1. The molecule has 0 saturated carbocycles. The molecule has 0 unspecified atom stereocenters. The fourth-order valence-electron chi connectivity index (χ4n) is 0.659. The molecular formula is C7H6INO. The largest absolute Gasteiger partial charge is 0.298 e. The van der Waals surface area contributed by atoms with Gasteiger partial charge in [0.2, 0.25) is 0 Å². The van der Waals surface area contributed by atoms with Gasteiger partial charge in [0.25, 0.3) is 0 Å². The van der Waals surface area contributed by atoms with Crippen LogP contribution in [0.4, 0.5) is 0 Å². The maximum Gasteiger partial charge on any atom is 0.151 e. The fraction of sp³-hybridized carbons (Fsp3) is 0.143. The molecule has 0 aliphatic rings. The van der Waals surface area contributed by atoms with E-state index in [0.717, 1.165) is 15.6 Å². The summed E-state index contributed by atoms with van der Waals surface area (Å²) in [5.41, 5.74) is 1.62. The van der Waals surface area contributed by atoms with Gasteiger partial charge in [-0.2, -0.15) is 0 Å². The number of aromatic nitrogens is 1. The highest BCUT2D eigenvalue weighted by Gasteiger charge is 1.99. The van der Waals surface area contributed by atoms with Crippen LogP contribution in [0.5, 0.6) is 0 Å². The molecule has 1 aromatic heterocycles. The molecule has 0 atom stereocenters. The quantitative estimate of drug-likeness (QED) is 0.559. The Morgan fingerprint density at radius 2 is 2.40 bits per heavy atom. The Bertz CT molecular complexity index is 260. The Morgan fingerprint density at radius 3 is 2.90 bits per heavy atom. The van der Waals surface area contributed by atoms with Gasteiger partial charge in [-0.3, -0.25) is 9.78 Å². The summed E-state index contributed by atoms with van der Waals surface area (Å²) in [4.78, 5) is 14.4. The van der Waals surface area contributed by atoms with Crippen LogP contribution < -0.4 is 0 Å². The Morgan fingerprint density at radius 1 is 1.70 bits per heavy atom. The van der Waals surface area contributed by atoms with Crippen molar-refractivity contribution in [3.8, 4) is 0 Å². The molecule has 10 heavy (non-hydrogen) atoms. The zero-order chi connectivity index (χ0) is 7.56. The first-order chi connectivity index (χ1) is 4.75. The molecule has 0 aromatic carbocycles. The Labute approximate surface area is 72.8 Å². The molecular weight excluding hydrogens is 241 g/mol. The summed E-state index contributed by atoms with van der Waals surface area (Å²) in [7, 11) is 0. The summed E-state index contributed by atoms with van der Waals surface area (Å²) in [5.74, 6) is 0. The molecule has 52 valence electrons. The first-order valence-corrected chi connectivity index (χ1v) is 3.90. The van der Waals surface area contributed by atoms with Gasteiger partial charge in [-0.05, 0) is 35.6 Å². The Balaban J connectivity index is 3.27. The molecule has 0 fully saturated rings. The van der Waals surface area contributed by atoms with E-state index in [4.69, 9.17) is 0 Å². The highest BCUT2D eigenvalue weighted by molar-refractivity contribution is 14.1. The van der Waals surface area contributed by atoms with Crippen molar-refractivity contribution in [2.24, 2.45) is 0 Å². The molecule has 0 aliphatic heterocycles. The molecule has 0 spiro atoms. The van der Waals surface area contributed by atoms with E-state index in [1.807, 2.05) is 6.92 Å². The number of carbonyl (C=O) groups excluding carboxylic acids is 1. The normalized spacial score (nSPS) is 9.40. The standard InChI is InChI=1S/C7H6INO/c1-5-7(8)6(4-10)2-3-9-5/h2-4H,1H3.